The third-order valence-corrected chi connectivity index (χ3v) is 3.53. The number of benzene rings is 1. The third kappa shape index (κ3) is 5.20. The molecule has 1 heterocycles. The van der Waals surface area contributed by atoms with Crippen LogP contribution in [0, 0.1) is 0 Å². The molecule has 3 nitrogen and oxygen atoms in total. The first-order valence-corrected chi connectivity index (χ1v) is 7.70. The lowest BCUT2D eigenvalue weighted by Gasteiger charge is -2.18. The molecule has 0 bridgehead atoms. The number of hydrogen-bond donors (Lipinski definition) is 1. The molecule has 3 heteroatoms. The van der Waals surface area contributed by atoms with Gasteiger partial charge in [-0.15, -0.1) is 0 Å². The Hall–Kier alpha value is -1.87. The van der Waals surface area contributed by atoms with Gasteiger partial charge in [-0.3, -0.25) is 0 Å². The van der Waals surface area contributed by atoms with E-state index < -0.39 is 0 Å². The van der Waals surface area contributed by atoms with E-state index in [1.807, 2.05) is 6.20 Å². The Kier molecular flexibility index (Phi) is 6.22. The number of rotatable bonds is 8. The number of hydrogen-bond acceptors (Lipinski definition) is 3. The van der Waals surface area contributed by atoms with Gasteiger partial charge in [0.1, 0.15) is 5.82 Å². The average molecular weight is 283 g/mol. The van der Waals surface area contributed by atoms with Gasteiger partial charge in [-0.2, -0.15) is 0 Å². The Labute approximate surface area is 128 Å². The SMILES string of the molecule is CCCNCc1ccc(N(C)CCc2ccccc2)nc1. The molecule has 2 rings (SSSR count). The van der Waals surface area contributed by atoms with Gasteiger partial charge < -0.3 is 10.2 Å². The largest absolute Gasteiger partial charge is 0.359 e. The summed E-state index contributed by atoms with van der Waals surface area (Å²) < 4.78 is 0. The van der Waals surface area contributed by atoms with Crippen molar-refractivity contribution in [3.63, 3.8) is 0 Å². The highest BCUT2D eigenvalue weighted by Crippen LogP contribution is 2.11. The standard InChI is InChI=1S/C18H25N3/c1-3-12-19-14-17-9-10-18(20-15-17)21(2)13-11-16-7-5-4-6-8-16/h4-10,15,19H,3,11-14H2,1-2H3. The lowest BCUT2D eigenvalue weighted by Crippen LogP contribution is -2.21. The van der Waals surface area contributed by atoms with Crippen LogP contribution >= 0.6 is 0 Å². The molecule has 1 N–H and O–H groups in total. The van der Waals surface area contributed by atoms with E-state index >= 15 is 0 Å². The average Bonchev–Trinajstić information content (AvgIpc) is 2.54. The van der Waals surface area contributed by atoms with Crippen LogP contribution in [0.5, 0.6) is 0 Å². The van der Waals surface area contributed by atoms with Gasteiger partial charge in [-0.05, 0) is 36.6 Å². The van der Waals surface area contributed by atoms with Crippen LogP contribution < -0.4 is 10.2 Å². The van der Waals surface area contributed by atoms with Crippen molar-refractivity contribution >= 4 is 5.82 Å². The van der Waals surface area contributed by atoms with Crippen LogP contribution in [-0.4, -0.2) is 25.1 Å². The second-order valence-electron chi connectivity index (χ2n) is 5.36. The van der Waals surface area contributed by atoms with Crippen molar-refractivity contribution in [2.45, 2.75) is 26.3 Å². The van der Waals surface area contributed by atoms with Crippen molar-refractivity contribution in [3.8, 4) is 0 Å². The second-order valence-corrected chi connectivity index (χ2v) is 5.36. The third-order valence-electron chi connectivity index (χ3n) is 3.53. The Balaban J connectivity index is 1.83. The summed E-state index contributed by atoms with van der Waals surface area (Å²) in [5.41, 5.74) is 2.60. The van der Waals surface area contributed by atoms with Gasteiger partial charge in [0.25, 0.3) is 0 Å². The van der Waals surface area contributed by atoms with Crippen molar-refractivity contribution in [3.05, 3.63) is 59.8 Å². The summed E-state index contributed by atoms with van der Waals surface area (Å²) in [7, 11) is 2.10. The van der Waals surface area contributed by atoms with Crippen LogP contribution in [0.1, 0.15) is 24.5 Å². The molecule has 1 aromatic heterocycles. The van der Waals surface area contributed by atoms with E-state index in [-0.39, 0.29) is 0 Å². The maximum Gasteiger partial charge on any atom is 0.128 e. The first-order valence-electron chi connectivity index (χ1n) is 7.70. The van der Waals surface area contributed by atoms with Crippen molar-refractivity contribution in [2.24, 2.45) is 0 Å². The monoisotopic (exact) mass is 283 g/mol. The van der Waals surface area contributed by atoms with Crippen LogP contribution in [0.2, 0.25) is 0 Å². The zero-order valence-electron chi connectivity index (χ0n) is 13.0. The minimum Gasteiger partial charge on any atom is -0.359 e. The Morgan fingerprint density at radius 2 is 1.86 bits per heavy atom. The lowest BCUT2D eigenvalue weighted by atomic mass is 10.1. The number of aromatic nitrogens is 1. The summed E-state index contributed by atoms with van der Waals surface area (Å²) in [6.07, 6.45) is 4.17. The van der Waals surface area contributed by atoms with Gasteiger partial charge in [0.2, 0.25) is 0 Å². The molecule has 0 spiro atoms. The summed E-state index contributed by atoms with van der Waals surface area (Å²) in [6.45, 7) is 5.11. The van der Waals surface area contributed by atoms with Crippen LogP contribution in [-0.2, 0) is 13.0 Å². The highest BCUT2D eigenvalue weighted by Gasteiger charge is 2.03. The minimum atomic E-state index is 0.898. The molecule has 0 saturated carbocycles. The number of nitrogens with zero attached hydrogens (tertiary/aromatic N) is 2. The van der Waals surface area contributed by atoms with Crippen molar-refractivity contribution in [1.82, 2.24) is 10.3 Å². The van der Waals surface area contributed by atoms with Crippen LogP contribution in [0.15, 0.2) is 48.7 Å². The van der Waals surface area contributed by atoms with E-state index in [0.717, 1.165) is 38.3 Å². The van der Waals surface area contributed by atoms with Crippen LogP contribution in [0.4, 0.5) is 5.82 Å². The molecule has 1 aromatic carbocycles. The lowest BCUT2D eigenvalue weighted by molar-refractivity contribution is 0.673. The van der Waals surface area contributed by atoms with Gasteiger partial charge in [-0.1, -0.05) is 43.3 Å². The van der Waals surface area contributed by atoms with Crippen LogP contribution in [0.25, 0.3) is 0 Å². The molecule has 0 aliphatic carbocycles. The zero-order valence-corrected chi connectivity index (χ0v) is 13.0. The molecule has 0 unspecified atom stereocenters. The maximum absolute atomic E-state index is 4.56. The van der Waals surface area contributed by atoms with E-state index in [2.05, 4.69) is 71.6 Å². The molecular weight excluding hydrogens is 258 g/mol. The molecule has 0 amide bonds. The summed E-state index contributed by atoms with van der Waals surface area (Å²) in [5, 5.41) is 3.39. The van der Waals surface area contributed by atoms with Crippen LogP contribution in [0.3, 0.4) is 0 Å². The molecule has 2 aromatic rings. The number of pyridine rings is 1. The predicted molar refractivity (Wildman–Crippen MR) is 89.7 cm³/mol. The molecule has 0 fully saturated rings. The summed E-state index contributed by atoms with van der Waals surface area (Å²) in [5.74, 6) is 1.03. The highest BCUT2D eigenvalue weighted by atomic mass is 15.2. The van der Waals surface area contributed by atoms with Gasteiger partial charge in [0, 0.05) is 26.3 Å². The van der Waals surface area contributed by atoms with E-state index in [9.17, 15) is 0 Å². The summed E-state index contributed by atoms with van der Waals surface area (Å²) in [4.78, 5) is 6.76. The fourth-order valence-electron chi connectivity index (χ4n) is 2.21. The number of likely N-dealkylation sites (N-methyl/N-ethyl adjacent to an activating group) is 1. The molecule has 0 aliphatic heterocycles. The number of anilines is 1. The predicted octanol–water partition coefficient (Wildman–Crippen LogP) is 3.26. The molecule has 0 saturated heterocycles. The molecule has 0 radical (unpaired) electrons. The molecule has 0 atom stereocenters. The zero-order chi connectivity index (χ0) is 14.9. The van der Waals surface area contributed by atoms with Crippen molar-refractivity contribution in [1.29, 1.82) is 0 Å². The quantitative estimate of drug-likeness (QED) is 0.754. The topological polar surface area (TPSA) is 28.2 Å². The fourth-order valence-corrected chi connectivity index (χ4v) is 2.21. The Morgan fingerprint density at radius 1 is 1.05 bits per heavy atom. The second kappa shape index (κ2) is 8.42. The first kappa shape index (κ1) is 15.5. The summed E-state index contributed by atoms with van der Waals surface area (Å²) in [6, 6.07) is 14.8. The highest BCUT2D eigenvalue weighted by molar-refractivity contribution is 5.38. The van der Waals surface area contributed by atoms with Gasteiger partial charge >= 0.3 is 0 Å². The maximum atomic E-state index is 4.56. The smallest absolute Gasteiger partial charge is 0.128 e. The fraction of sp³-hybridized carbons (Fsp3) is 0.389. The van der Waals surface area contributed by atoms with E-state index in [4.69, 9.17) is 0 Å². The molecular formula is C18H25N3. The Morgan fingerprint density at radius 3 is 2.52 bits per heavy atom. The molecule has 112 valence electrons. The van der Waals surface area contributed by atoms with Gasteiger partial charge in [0.15, 0.2) is 0 Å². The molecule has 0 aliphatic rings. The van der Waals surface area contributed by atoms with Gasteiger partial charge in [0.05, 0.1) is 0 Å². The molecule has 21 heavy (non-hydrogen) atoms. The van der Waals surface area contributed by atoms with Crippen molar-refractivity contribution in [2.75, 3.05) is 25.0 Å². The normalized spacial score (nSPS) is 10.6. The minimum absolute atomic E-state index is 0.898. The Bertz CT molecular complexity index is 508. The van der Waals surface area contributed by atoms with Gasteiger partial charge in [-0.25, -0.2) is 4.98 Å². The van der Waals surface area contributed by atoms with E-state index in [0.29, 0.717) is 0 Å². The van der Waals surface area contributed by atoms with E-state index in [1.165, 1.54) is 11.1 Å². The van der Waals surface area contributed by atoms with E-state index in [1.54, 1.807) is 0 Å². The van der Waals surface area contributed by atoms with Crippen molar-refractivity contribution < 1.29 is 0 Å². The number of nitrogens with one attached hydrogen (secondary N) is 1. The first-order chi connectivity index (χ1) is 10.3. The summed E-state index contributed by atoms with van der Waals surface area (Å²) >= 11 is 0.